The number of hydrogen-bond donors (Lipinski definition) is 1. The van der Waals surface area contributed by atoms with E-state index in [9.17, 15) is 9.59 Å². The van der Waals surface area contributed by atoms with Gasteiger partial charge in [0.05, 0.1) is 35.0 Å². The van der Waals surface area contributed by atoms with Crippen LogP contribution in [0.25, 0.3) is 0 Å². The van der Waals surface area contributed by atoms with Crippen molar-refractivity contribution in [2.24, 2.45) is 5.41 Å². The lowest BCUT2D eigenvalue weighted by molar-refractivity contribution is -0.154. The minimum Gasteiger partial charge on any atom is -0.497 e. The van der Waals surface area contributed by atoms with Gasteiger partial charge in [-0.05, 0) is 48.7 Å². The standard InChI is InChI=1S/C24H29NO7/c1-6-32-23(27)24(22(26)25-14-15-7-9-17(28-2)10-8-15)13-18(24)16-11-19(29-3)21(31-5)20(12-16)30-4/h7-12,18H,6,13-14H2,1-5H3,(H,25,26)/t18-,24+/m0/s1. The number of benzene rings is 2. The zero-order chi connectivity index (χ0) is 23.3. The molecule has 8 nitrogen and oxygen atoms in total. The Hall–Kier alpha value is -3.42. The summed E-state index contributed by atoms with van der Waals surface area (Å²) in [5.74, 6) is 0.829. The molecule has 1 fully saturated rings. The van der Waals surface area contributed by atoms with Gasteiger partial charge in [-0.2, -0.15) is 0 Å². The molecule has 0 radical (unpaired) electrons. The highest BCUT2D eigenvalue weighted by Gasteiger charge is 2.67. The lowest BCUT2D eigenvalue weighted by Crippen LogP contribution is -2.39. The summed E-state index contributed by atoms with van der Waals surface area (Å²) in [6.07, 6.45) is 0.332. The van der Waals surface area contributed by atoms with Crippen molar-refractivity contribution in [2.75, 3.05) is 35.0 Å². The zero-order valence-electron chi connectivity index (χ0n) is 19.0. The highest BCUT2D eigenvalue weighted by atomic mass is 16.5. The van der Waals surface area contributed by atoms with E-state index in [1.807, 2.05) is 24.3 Å². The van der Waals surface area contributed by atoms with E-state index in [-0.39, 0.29) is 25.0 Å². The molecule has 172 valence electrons. The highest BCUT2D eigenvalue weighted by Crippen LogP contribution is 2.61. The second-order valence-corrected chi connectivity index (χ2v) is 7.44. The quantitative estimate of drug-likeness (QED) is 0.446. The van der Waals surface area contributed by atoms with Gasteiger partial charge in [0, 0.05) is 12.5 Å². The molecule has 2 aromatic rings. The van der Waals surface area contributed by atoms with Crippen molar-refractivity contribution in [1.82, 2.24) is 5.32 Å². The largest absolute Gasteiger partial charge is 0.497 e. The minimum absolute atomic E-state index is 0.189. The molecule has 0 saturated heterocycles. The van der Waals surface area contributed by atoms with Gasteiger partial charge in [0.2, 0.25) is 11.7 Å². The van der Waals surface area contributed by atoms with E-state index in [1.54, 1.807) is 26.2 Å². The van der Waals surface area contributed by atoms with Crippen LogP contribution in [0.5, 0.6) is 23.0 Å². The van der Waals surface area contributed by atoms with Crippen LogP contribution < -0.4 is 24.3 Å². The summed E-state index contributed by atoms with van der Waals surface area (Å²) in [5.41, 5.74) is 0.336. The number of hydrogen-bond acceptors (Lipinski definition) is 7. The van der Waals surface area contributed by atoms with Crippen LogP contribution in [-0.2, 0) is 20.9 Å². The molecule has 1 aliphatic carbocycles. The van der Waals surface area contributed by atoms with E-state index in [0.717, 1.165) is 16.9 Å². The highest BCUT2D eigenvalue weighted by molar-refractivity contribution is 6.07. The van der Waals surface area contributed by atoms with Crippen LogP contribution in [0.2, 0.25) is 0 Å². The van der Waals surface area contributed by atoms with E-state index in [2.05, 4.69) is 5.32 Å². The molecule has 0 heterocycles. The van der Waals surface area contributed by atoms with E-state index < -0.39 is 11.4 Å². The first-order valence-corrected chi connectivity index (χ1v) is 10.3. The first-order valence-electron chi connectivity index (χ1n) is 10.3. The Kier molecular flexibility index (Phi) is 7.12. The molecule has 0 aromatic heterocycles. The molecule has 32 heavy (non-hydrogen) atoms. The molecule has 8 heteroatoms. The molecule has 0 aliphatic heterocycles. The number of carbonyl (C=O) groups is 2. The van der Waals surface area contributed by atoms with Crippen LogP contribution >= 0.6 is 0 Å². The predicted molar refractivity (Wildman–Crippen MR) is 117 cm³/mol. The van der Waals surface area contributed by atoms with Crippen LogP contribution in [0.15, 0.2) is 36.4 Å². The van der Waals surface area contributed by atoms with Crippen molar-refractivity contribution in [3.8, 4) is 23.0 Å². The summed E-state index contributed by atoms with van der Waals surface area (Å²) in [7, 11) is 6.16. The van der Waals surface area contributed by atoms with Crippen LogP contribution in [0, 0.1) is 5.41 Å². The van der Waals surface area contributed by atoms with Gasteiger partial charge in [0.15, 0.2) is 16.9 Å². The van der Waals surface area contributed by atoms with E-state index in [4.69, 9.17) is 23.7 Å². The van der Waals surface area contributed by atoms with Crippen molar-refractivity contribution in [1.29, 1.82) is 0 Å². The number of esters is 1. The summed E-state index contributed by atoms with van der Waals surface area (Å²) in [4.78, 5) is 26.1. The number of methoxy groups -OCH3 is 4. The summed E-state index contributed by atoms with van der Waals surface area (Å²) in [6.45, 7) is 2.19. The Morgan fingerprint density at radius 1 is 0.969 bits per heavy atom. The van der Waals surface area contributed by atoms with Crippen LogP contribution in [0.1, 0.15) is 30.4 Å². The van der Waals surface area contributed by atoms with Crippen molar-refractivity contribution < 1.29 is 33.3 Å². The number of rotatable bonds is 10. The van der Waals surface area contributed by atoms with Crippen LogP contribution in [-0.4, -0.2) is 46.9 Å². The van der Waals surface area contributed by atoms with Crippen LogP contribution in [0.4, 0.5) is 0 Å². The minimum atomic E-state index is -1.30. The normalized spacial score (nSPS) is 19.0. The van der Waals surface area contributed by atoms with Gasteiger partial charge in [-0.15, -0.1) is 0 Å². The monoisotopic (exact) mass is 443 g/mol. The molecule has 1 N–H and O–H groups in total. The van der Waals surface area contributed by atoms with Gasteiger partial charge >= 0.3 is 5.97 Å². The smallest absolute Gasteiger partial charge is 0.322 e. The van der Waals surface area contributed by atoms with Crippen molar-refractivity contribution in [3.05, 3.63) is 47.5 Å². The third-order valence-corrected chi connectivity index (χ3v) is 5.71. The van der Waals surface area contributed by atoms with Crippen molar-refractivity contribution in [3.63, 3.8) is 0 Å². The molecule has 3 rings (SSSR count). The average Bonchev–Trinajstić information content (AvgIpc) is 3.59. The predicted octanol–water partition coefficient (Wildman–Crippen LogP) is 3.07. The lowest BCUT2D eigenvalue weighted by atomic mass is 9.97. The van der Waals surface area contributed by atoms with Crippen molar-refractivity contribution in [2.45, 2.75) is 25.8 Å². The molecule has 0 bridgehead atoms. The fourth-order valence-corrected chi connectivity index (χ4v) is 3.88. The summed E-state index contributed by atoms with van der Waals surface area (Å²) in [6, 6.07) is 10.9. The van der Waals surface area contributed by atoms with Gasteiger partial charge in [0.25, 0.3) is 0 Å². The molecular formula is C24H29NO7. The molecule has 2 aromatic carbocycles. The fourth-order valence-electron chi connectivity index (χ4n) is 3.88. The maximum atomic E-state index is 13.2. The molecular weight excluding hydrogens is 414 g/mol. The average molecular weight is 443 g/mol. The van der Waals surface area contributed by atoms with Gasteiger partial charge < -0.3 is 29.0 Å². The summed E-state index contributed by atoms with van der Waals surface area (Å²) < 4.78 is 26.7. The molecule has 1 amide bonds. The number of ether oxygens (including phenoxy) is 5. The Balaban J connectivity index is 1.86. The molecule has 0 spiro atoms. The topological polar surface area (TPSA) is 92.3 Å². The van der Waals surface area contributed by atoms with E-state index >= 15 is 0 Å². The first-order chi connectivity index (χ1) is 15.4. The van der Waals surface area contributed by atoms with Gasteiger partial charge in [-0.3, -0.25) is 9.59 Å². The maximum absolute atomic E-state index is 13.2. The number of carbonyl (C=O) groups excluding carboxylic acids is 2. The number of amides is 1. The summed E-state index contributed by atoms with van der Waals surface area (Å²) >= 11 is 0. The van der Waals surface area contributed by atoms with E-state index in [0.29, 0.717) is 23.7 Å². The summed E-state index contributed by atoms with van der Waals surface area (Å²) in [5, 5.41) is 2.89. The number of nitrogens with one attached hydrogen (secondary N) is 1. The maximum Gasteiger partial charge on any atom is 0.322 e. The lowest BCUT2D eigenvalue weighted by Gasteiger charge is -2.18. The molecule has 1 saturated carbocycles. The first kappa shape index (κ1) is 23.2. The van der Waals surface area contributed by atoms with Crippen LogP contribution in [0.3, 0.4) is 0 Å². The molecule has 1 aliphatic rings. The zero-order valence-corrected chi connectivity index (χ0v) is 19.0. The second-order valence-electron chi connectivity index (χ2n) is 7.44. The second kappa shape index (κ2) is 9.80. The Bertz CT molecular complexity index is 948. The van der Waals surface area contributed by atoms with Gasteiger partial charge in [-0.25, -0.2) is 0 Å². The molecule has 0 unspecified atom stereocenters. The van der Waals surface area contributed by atoms with Gasteiger partial charge in [-0.1, -0.05) is 12.1 Å². The fraction of sp³-hybridized carbons (Fsp3) is 0.417. The Labute approximate surface area is 187 Å². The third-order valence-electron chi connectivity index (χ3n) is 5.71. The van der Waals surface area contributed by atoms with Crippen molar-refractivity contribution >= 4 is 11.9 Å². The Morgan fingerprint density at radius 3 is 2.09 bits per heavy atom. The SMILES string of the molecule is CCOC(=O)[C@]1(C(=O)NCc2ccc(OC)cc2)C[C@H]1c1cc(OC)c(OC)c(OC)c1. The Morgan fingerprint density at radius 2 is 1.59 bits per heavy atom. The van der Waals surface area contributed by atoms with Gasteiger partial charge in [0.1, 0.15) is 5.75 Å². The third kappa shape index (κ3) is 4.30. The van der Waals surface area contributed by atoms with E-state index in [1.165, 1.54) is 21.3 Å². The molecule has 2 atom stereocenters.